The number of anilines is 3. The number of amides is 2. The SMILES string of the molecule is NC(=O)c1cnc(Nc2ccc(C(=O)N3CCC3)cc2)cc1NCc1ccccc1. The molecule has 0 atom stereocenters. The molecule has 1 fully saturated rings. The van der Waals surface area contributed by atoms with E-state index in [1.807, 2.05) is 47.4 Å². The van der Waals surface area contributed by atoms with E-state index in [0.717, 1.165) is 30.8 Å². The summed E-state index contributed by atoms with van der Waals surface area (Å²) in [5.74, 6) is 0.0833. The van der Waals surface area contributed by atoms with Crippen LogP contribution in [0.3, 0.4) is 0 Å². The van der Waals surface area contributed by atoms with Gasteiger partial charge in [-0.3, -0.25) is 9.59 Å². The van der Waals surface area contributed by atoms with Gasteiger partial charge in [0.15, 0.2) is 0 Å². The Balaban J connectivity index is 1.48. The molecule has 1 aliphatic heterocycles. The van der Waals surface area contributed by atoms with Crippen molar-refractivity contribution >= 4 is 29.0 Å². The summed E-state index contributed by atoms with van der Waals surface area (Å²) in [5, 5.41) is 6.46. The zero-order valence-corrected chi connectivity index (χ0v) is 16.5. The molecule has 4 rings (SSSR count). The number of carbonyl (C=O) groups excluding carboxylic acids is 2. The highest BCUT2D eigenvalue weighted by Crippen LogP contribution is 2.23. The third-order valence-electron chi connectivity index (χ3n) is 5.04. The fourth-order valence-corrected chi connectivity index (χ4v) is 3.21. The summed E-state index contributed by atoms with van der Waals surface area (Å²) in [6.45, 7) is 2.21. The Morgan fingerprint density at radius 2 is 1.77 bits per heavy atom. The second kappa shape index (κ2) is 8.65. The molecule has 2 heterocycles. The number of benzene rings is 2. The van der Waals surface area contributed by atoms with Crippen LogP contribution in [-0.4, -0.2) is 34.8 Å². The van der Waals surface area contributed by atoms with Crippen molar-refractivity contribution in [2.75, 3.05) is 23.7 Å². The van der Waals surface area contributed by atoms with Gasteiger partial charge in [0.25, 0.3) is 11.8 Å². The molecule has 2 aromatic carbocycles. The minimum absolute atomic E-state index is 0.0594. The van der Waals surface area contributed by atoms with Gasteiger partial charge >= 0.3 is 0 Å². The molecule has 7 nitrogen and oxygen atoms in total. The molecule has 0 radical (unpaired) electrons. The van der Waals surface area contributed by atoms with Gasteiger partial charge in [0.2, 0.25) is 0 Å². The van der Waals surface area contributed by atoms with Crippen molar-refractivity contribution in [1.82, 2.24) is 9.88 Å². The van der Waals surface area contributed by atoms with E-state index < -0.39 is 5.91 Å². The van der Waals surface area contributed by atoms with Crippen molar-refractivity contribution in [2.24, 2.45) is 5.73 Å². The molecule has 0 bridgehead atoms. The number of rotatable bonds is 7. The molecule has 1 aliphatic rings. The van der Waals surface area contributed by atoms with Gasteiger partial charge in [-0.05, 0) is 36.2 Å². The van der Waals surface area contributed by atoms with Crippen molar-refractivity contribution in [1.29, 1.82) is 0 Å². The molecule has 1 saturated heterocycles. The van der Waals surface area contributed by atoms with Crippen LogP contribution in [0.1, 0.15) is 32.7 Å². The average molecular weight is 401 g/mol. The number of likely N-dealkylation sites (tertiary alicyclic amines) is 1. The van der Waals surface area contributed by atoms with Gasteiger partial charge in [-0.25, -0.2) is 4.98 Å². The van der Waals surface area contributed by atoms with Crippen LogP contribution < -0.4 is 16.4 Å². The second-order valence-electron chi connectivity index (χ2n) is 7.17. The number of primary amides is 1. The molecule has 0 spiro atoms. The highest BCUT2D eigenvalue weighted by Gasteiger charge is 2.21. The Morgan fingerprint density at radius 3 is 2.40 bits per heavy atom. The van der Waals surface area contributed by atoms with Crippen molar-refractivity contribution < 1.29 is 9.59 Å². The van der Waals surface area contributed by atoms with Gasteiger partial charge in [0.05, 0.1) is 11.3 Å². The monoisotopic (exact) mass is 401 g/mol. The minimum atomic E-state index is -0.543. The molecular formula is C23H23N5O2. The Morgan fingerprint density at radius 1 is 1.03 bits per heavy atom. The topological polar surface area (TPSA) is 100 Å². The fourth-order valence-electron chi connectivity index (χ4n) is 3.21. The Hall–Kier alpha value is -3.87. The number of nitrogens with two attached hydrogens (primary N) is 1. The lowest BCUT2D eigenvalue weighted by molar-refractivity contribution is 0.0651. The predicted molar refractivity (Wildman–Crippen MR) is 117 cm³/mol. The van der Waals surface area contributed by atoms with Crippen LogP contribution in [0.15, 0.2) is 66.9 Å². The number of hydrogen-bond donors (Lipinski definition) is 3. The first kappa shape index (κ1) is 19.4. The van der Waals surface area contributed by atoms with Crippen molar-refractivity contribution in [3.8, 4) is 0 Å². The predicted octanol–water partition coefficient (Wildman–Crippen LogP) is 3.38. The molecular weight excluding hydrogens is 378 g/mol. The molecule has 3 aromatic rings. The van der Waals surface area contributed by atoms with Crippen molar-refractivity contribution in [2.45, 2.75) is 13.0 Å². The summed E-state index contributed by atoms with van der Waals surface area (Å²) in [5.41, 5.74) is 8.98. The lowest BCUT2D eigenvalue weighted by Crippen LogP contribution is -2.41. The standard InChI is InChI=1S/C23H23N5O2/c24-22(29)19-15-26-21(13-20(19)25-14-16-5-2-1-3-6-16)27-18-9-7-17(8-10-18)23(30)28-11-4-12-28/h1-3,5-10,13,15H,4,11-12,14H2,(H2,24,29)(H2,25,26,27). The number of nitrogens with zero attached hydrogens (tertiary/aromatic N) is 2. The van der Waals surface area contributed by atoms with Crippen LogP contribution in [0.2, 0.25) is 0 Å². The van der Waals surface area contributed by atoms with E-state index in [2.05, 4.69) is 15.6 Å². The van der Waals surface area contributed by atoms with Gasteiger partial charge in [0, 0.05) is 43.1 Å². The van der Waals surface area contributed by atoms with E-state index in [-0.39, 0.29) is 5.91 Å². The van der Waals surface area contributed by atoms with Gasteiger partial charge < -0.3 is 21.3 Å². The summed E-state index contributed by atoms with van der Waals surface area (Å²) in [7, 11) is 0. The van der Waals surface area contributed by atoms with E-state index in [0.29, 0.717) is 29.2 Å². The highest BCUT2D eigenvalue weighted by atomic mass is 16.2. The first-order valence-electron chi connectivity index (χ1n) is 9.84. The number of pyridine rings is 1. The van der Waals surface area contributed by atoms with E-state index in [1.54, 1.807) is 18.2 Å². The minimum Gasteiger partial charge on any atom is -0.380 e. The van der Waals surface area contributed by atoms with Crippen LogP contribution in [0.5, 0.6) is 0 Å². The normalized spacial score (nSPS) is 12.7. The summed E-state index contributed by atoms with van der Waals surface area (Å²) in [6, 6.07) is 18.9. The average Bonchev–Trinajstić information content (AvgIpc) is 2.72. The Labute approximate surface area is 174 Å². The van der Waals surface area contributed by atoms with Crippen molar-refractivity contribution in [3.63, 3.8) is 0 Å². The molecule has 7 heteroatoms. The van der Waals surface area contributed by atoms with Crippen LogP contribution in [-0.2, 0) is 6.54 Å². The first-order valence-corrected chi connectivity index (χ1v) is 9.84. The van der Waals surface area contributed by atoms with Gasteiger partial charge in [-0.15, -0.1) is 0 Å². The Kier molecular flexibility index (Phi) is 5.61. The number of hydrogen-bond acceptors (Lipinski definition) is 5. The first-order chi connectivity index (χ1) is 14.6. The van der Waals surface area contributed by atoms with E-state index in [4.69, 9.17) is 5.73 Å². The van der Waals surface area contributed by atoms with Crippen LogP contribution in [0, 0.1) is 0 Å². The number of nitrogens with one attached hydrogen (secondary N) is 2. The van der Waals surface area contributed by atoms with Gasteiger partial charge in [0.1, 0.15) is 5.82 Å². The Bertz CT molecular complexity index is 1050. The summed E-state index contributed by atoms with van der Waals surface area (Å²) >= 11 is 0. The summed E-state index contributed by atoms with van der Waals surface area (Å²) < 4.78 is 0. The largest absolute Gasteiger partial charge is 0.380 e. The third kappa shape index (κ3) is 4.41. The maximum Gasteiger partial charge on any atom is 0.253 e. The molecule has 30 heavy (non-hydrogen) atoms. The van der Waals surface area contributed by atoms with E-state index in [1.165, 1.54) is 6.20 Å². The van der Waals surface area contributed by atoms with E-state index in [9.17, 15) is 9.59 Å². The van der Waals surface area contributed by atoms with Gasteiger partial charge in [-0.1, -0.05) is 30.3 Å². The fraction of sp³-hybridized carbons (Fsp3) is 0.174. The second-order valence-corrected chi connectivity index (χ2v) is 7.17. The number of carbonyl (C=O) groups is 2. The number of aromatic nitrogens is 1. The lowest BCUT2D eigenvalue weighted by Gasteiger charge is -2.30. The van der Waals surface area contributed by atoms with Gasteiger partial charge in [-0.2, -0.15) is 0 Å². The maximum atomic E-state index is 12.3. The molecule has 152 valence electrons. The van der Waals surface area contributed by atoms with E-state index >= 15 is 0 Å². The molecule has 4 N–H and O–H groups in total. The molecule has 0 saturated carbocycles. The summed E-state index contributed by atoms with van der Waals surface area (Å²) in [6.07, 6.45) is 2.53. The van der Waals surface area contributed by atoms with Crippen molar-refractivity contribution in [3.05, 3.63) is 83.6 Å². The highest BCUT2D eigenvalue weighted by molar-refractivity contribution is 5.98. The summed E-state index contributed by atoms with van der Waals surface area (Å²) in [4.78, 5) is 30.2. The quantitative estimate of drug-likeness (QED) is 0.563. The molecule has 0 unspecified atom stereocenters. The molecule has 2 amide bonds. The lowest BCUT2D eigenvalue weighted by atomic mass is 10.1. The third-order valence-corrected chi connectivity index (χ3v) is 5.04. The zero-order chi connectivity index (χ0) is 20.9. The molecule has 1 aromatic heterocycles. The van der Waals surface area contributed by atoms with Crippen LogP contribution in [0.25, 0.3) is 0 Å². The van der Waals surface area contributed by atoms with Crippen LogP contribution in [0.4, 0.5) is 17.2 Å². The van der Waals surface area contributed by atoms with Crippen LogP contribution >= 0.6 is 0 Å². The zero-order valence-electron chi connectivity index (χ0n) is 16.5. The smallest absolute Gasteiger partial charge is 0.253 e. The maximum absolute atomic E-state index is 12.3. The molecule has 0 aliphatic carbocycles.